The highest BCUT2D eigenvalue weighted by Gasteiger charge is 2.18. The van der Waals surface area contributed by atoms with Gasteiger partial charge in [0.2, 0.25) is 5.16 Å². The van der Waals surface area contributed by atoms with Gasteiger partial charge in [-0.1, -0.05) is 23.9 Å². The highest BCUT2D eigenvalue weighted by Crippen LogP contribution is 2.22. The van der Waals surface area contributed by atoms with Crippen molar-refractivity contribution in [1.82, 2.24) is 25.2 Å². The Bertz CT molecular complexity index is 1050. The van der Waals surface area contributed by atoms with Crippen LogP contribution in [-0.4, -0.2) is 74.1 Å². The van der Waals surface area contributed by atoms with E-state index in [-0.39, 0.29) is 17.1 Å². The second kappa shape index (κ2) is 9.01. The molecule has 4 rings (SSSR count). The molecular weight excluding hydrogens is 408 g/mol. The van der Waals surface area contributed by atoms with Crippen LogP contribution in [0, 0.1) is 0 Å². The molecular formula is C19H18N6O4S. The van der Waals surface area contributed by atoms with Gasteiger partial charge in [-0.25, -0.2) is 9.78 Å². The third-order valence-corrected chi connectivity index (χ3v) is 5.46. The third kappa shape index (κ3) is 4.31. The minimum atomic E-state index is -1.08. The molecule has 1 aliphatic rings. The SMILES string of the molecule is O=C(CSc1nnnn1-c1ccccc1C(=O)O)c1ccc(N2CCOCC2)nc1. The summed E-state index contributed by atoms with van der Waals surface area (Å²) in [5.41, 5.74) is 0.895. The lowest BCUT2D eigenvalue weighted by Crippen LogP contribution is -2.36. The summed E-state index contributed by atoms with van der Waals surface area (Å²) in [5, 5.41) is 21.1. The van der Waals surface area contributed by atoms with Crippen LogP contribution in [0.5, 0.6) is 0 Å². The lowest BCUT2D eigenvalue weighted by Gasteiger charge is -2.27. The molecule has 1 aromatic carbocycles. The van der Waals surface area contributed by atoms with Gasteiger partial charge in [-0.2, -0.15) is 4.68 Å². The first-order valence-corrected chi connectivity index (χ1v) is 10.2. The summed E-state index contributed by atoms with van der Waals surface area (Å²) in [7, 11) is 0. The molecule has 0 spiro atoms. The Morgan fingerprint density at radius 1 is 1.13 bits per heavy atom. The number of morpholine rings is 1. The molecule has 10 nitrogen and oxygen atoms in total. The van der Waals surface area contributed by atoms with Crippen molar-refractivity contribution >= 4 is 29.3 Å². The summed E-state index contributed by atoms with van der Waals surface area (Å²) in [4.78, 5) is 30.6. The van der Waals surface area contributed by atoms with Gasteiger partial charge >= 0.3 is 5.97 Å². The van der Waals surface area contributed by atoms with Gasteiger partial charge in [0, 0.05) is 24.8 Å². The van der Waals surface area contributed by atoms with Crippen molar-refractivity contribution in [3.8, 4) is 5.69 Å². The number of hydrogen-bond donors (Lipinski definition) is 1. The zero-order valence-corrected chi connectivity index (χ0v) is 16.7. The summed E-state index contributed by atoms with van der Waals surface area (Å²) >= 11 is 1.13. The summed E-state index contributed by atoms with van der Waals surface area (Å²) in [6.45, 7) is 2.88. The van der Waals surface area contributed by atoms with Crippen LogP contribution < -0.4 is 4.90 Å². The van der Waals surface area contributed by atoms with Crippen LogP contribution in [-0.2, 0) is 4.74 Å². The number of hydrogen-bond acceptors (Lipinski definition) is 9. The van der Waals surface area contributed by atoms with Crippen LogP contribution >= 0.6 is 11.8 Å². The van der Waals surface area contributed by atoms with Gasteiger partial charge in [0.1, 0.15) is 5.82 Å². The highest BCUT2D eigenvalue weighted by atomic mass is 32.2. The number of para-hydroxylation sites is 1. The number of benzene rings is 1. The number of anilines is 1. The predicted octanol–water partition coefficient (Wildman–Crippen LogP) is 1.57. The number of pyridine rings is 1. The van der Waals surface area contributed by atoms with Crippen molar-refractivity contribution < 1.29 is 19.4 Å². The zero-order valence-electron chi connectivity index (χ0n) is 15.8. The van der Waals surface area contributed by atoms with Crippen molar-refractivity contribution in [2.75, 3.05) is 37.0 Å². The largest absolute Gasteiger partial charge is 0.478 e. The molecule has 0 amide bonds. The first kappa shape index (κ1) is 20.0. The number of Topliss-reactive ketones (excluding diaryl/α,β-unsaturated/α-hetero) is 1. The monoisotopic (exact) mass is 426 g/mol. The molecule has 1 N–H and O–H groups in total. The maximum absolute atomic E-state index is 12.6. The van der Waals surface area contributed by atoms with Gasteiger partial charge in [0.15, 0.2) is 5.78 Å². The zero-order chi connectivity index (χ0) is 20.9. The van der Waals surface area contributed by atoms with Crippen LogP contribution in [0.4, 0.5) is 5.82 Å². The number of ketones is 1. The van der Waals surface area contributed by atoms with Crippen molar-refractivity contribution in [3.05, 3.63) is 53.7 Å². The van der Waals surface area contributed by atoms with Crippen LogP contribution in [0.3, 0.4) is 0 Å². The smallest absolute Gasteiger partial charge is 0.337 e. The minimum Gasteiger partial charge on any atom is -0.478 e. The number of tetrazole rings is 1. The number of nitrogens with zero attached hydrogens (tertiary/aromatic N) is 6. The molecule has 3 heterocycles. The summed E-state index contributed by atoms with van der Waals surface area (Å²) < 4.78 is 6.66. The maximum atomic E-state index is 12.6. The third-order valence-electron chi connectivity index (χ3n) is 4.54. The lowest BCUT2D eigenvalue weighted by atomic mass is 10.2. The molecule has 0 radical (unpaired) electrons. The van der Waals surface area contributed by atoms with Gasteiger partial charge in [-0.15, -0.1) is 5.10 Å². The molecule has 1 saturated heterocycles. The molecule has 0 bridgehead atoms. The van der Waals surface area contributed by atoms with Gasteiger partial charge < -0.3 is 14.7 Å². The maximum Gasteiger partial charge on any atom is 0.337 e. The number of rotatable bonds is 7. The van der Waals surface area contributed by atoms with Crippen LogP contribution in [0.15, 0.2) is 47.8 Å². The molecule has 2 aromatic heterocycles. The Hall–Kier alpha value is -3.31. The number of carbonyl (C=O) groups excluding carboxylic acids is 1. The van der Waals surface area contributed by atoms with E-state index >= 15 is 0 Å². The lowest BCUT2D eigenvalue weighted by molar-refractivity contribution is 0.0696. The second-order valence-electron chi connectivity index (χ2n) is 6.41. The summed E-state index contributed by atoms with van der Waals surface area (Å²) in [6, 6.07) is 9.99. The molecule has 1 aliphatic heterocycles. The van der Waals surface area contributed by atoms with Crippen LogP contribution in [0.25, 0.3) is 5.69 Å². The summed E-state index contributed by atoms with van der Waals surface area (Å²) in [6.07, 6.45) is 1.57. The molecule has 0 aliphatic carbocycles. The molecule has 0 atom stereocenters. The van der Waals surface area contributed by atoms with Gasteiger partial charge in [0.05, 0.1) is 30.2 Å². The fourth-order valence-corrected chi connectivity index (χ4v) is 3.78. The van der Waals surface area contributed by atoms with Crippen molar-refractivity contribution in [3.63, 3.8) is 0 Å². The Morgan fingerprint density at radius 3 is 2.67 bits per heavy atom. The van der Waals surface area contributed by atoms with Crippen molar-refractivity contribution in [2.45, 2.75) is 5.16 Å². The first-order chi connectivity index (χ1) is 14.6. The number of ether oxygens (including phenoxy) is 1. The molecule has 154 valence electrons. The van der Waals surface area contributed by atoms with Crippen molar-refractivity contribution in [1.29, 1.82) is 0 Å². The molecule has 3 aromatic rings. The Balaban J connectivity index is 1.44. The van der Waals surface area contributed by atoms with Gasteiger partial charge in [-0.05, 0) is 34.7 Å². The van der Waals surface area contributed by atoms with Gasteiger partial charge in [-0.3, -0.25) is 4.79 Å². The predicted molar refractivity (Wildman–Crippen MR) is 108 cm³/mol. The van der Waals surface area contributed by atoms with Crippen LogP contribution in [0.2, 0.25) is 0 Å². The average Bonchev–Trinajstić information content (AvgIpc) is 3.26. The standard InChI is InChI=1S/C19H18N6O4S/c26-16(13-5-6-17(20-11-13)24-7-9-29-10-8-24)12-30-19-21-22-23-25(19)15-4-2-1-3-14(15)18(27)28/h1-6,11H,7-10,12H2,(H,27,28). The molecule has 30 heavy (non-hydrogen) atoms. The van der Waals surface area contributed by atoms with E-state index in [9.17, 15) is 14.7 Å². The van der Waals surface area contributed by atoms with E-state index in [0.717, 1.165) is 30.7 Å². The Labute approximate surface area is 175 Å². The Morgan fingerprint density at radius 2 is 1.93 bits per heavy atom. The average molecular weight is 426 g/mol. The van der Waals surface area contributed by atoms with Crippen LogP contribution in [0.1, 0.15) is 20.7 Å². The van der Waals surface area contributed by atoms with E-state index in [0.29, 0.717) is 29.6 Å². The fraction of sp³-hybridized carbons (Fsp3) is 0.263. The van der Waals surface area contributed by atoms with E-state index in [1.165, 1.54) is 10.7 Å². The molecule has 0 unspecified atom stereocenters. The van der Waals surface area contributed by atoms with E-state index in [2.05, 4.69) is 25.4 Å². The highest BCUT2D eigenvalue weighted by molar-refractivity contribution is 7.99. The van der Waals surface area contributed by atoms with E-state index < -0.39 is 5.97 Å². The van der Waals surface area contributed by atoms with Crippen molar-refractivity contribution in [2.24, 2.45) is 0 Å². The van der Waals surface area contributed by atoms with Gasteiger partial charge in [0.25, 0.3) is 0 Å². The quantitative estimate of drug-likeness (QED) is 0.440. The van der Waals surface area contributed by atoms with E-state index in [4.69, 9.17) is 4.74 Å². The number of aromatic carboxylic acids is 1. The second-order valence-corrected chi connectivity index (χ2v) is 7.35. The van der Waals surface area contributed by atoms with E-state index in [1.807, 2.05) is 6.07 Å². The number of thioether (sulfide) groups is 1. The van der Waals surface area contributed by atoms with E-state index in [1.54, 1.807) is 30.5 Å². The number of aromatic nitrogens is 5. The Kier molecular flexibility index (Phi) is 6.00. The molecule has 1 fully saturated rings. The molecule has 0 saturated carbocycles. The topological polar surface area (TPSA) is 123 Å². The number of carbonyl (C=O) groups is 2. The summed E-state index contributed by atoms with van der Waals surface area (Å²) in [5.74, 6) is -0.299. The minimum absolute atomic E-state index is 0.0703. The normalized spacial score (nSPS) is 13.9. The first-order valence-electron chi connectivity index (χ1n) is 9.19. The number of carboxylic acids is 1. The molecule has 11 heteroatoms. The number of carboxylic acid groups (broad SMARTS) is 1. The fourth-order valence-electron chi connectivity index (χ4n) is 3.00.